The monoisotopic (exact) mass is 424 g/mol. The van der Waals surface area contributed by atoms with Gasteiger partial charge in [-0.05, 0) is 73.5 Å². The summed E-state index contributed by atoms with van der Waals surface area (Å²) in [5.41, 5.74) is 1.39. The summed E-state index contributed by atoms with van der Waals surface area (Å²) in [6.07, 6.45) is 4.99. The van der Waals surface area contributed by atoms with Gasteiger partial charge in [0, 0.05) is 22.6 Å². The molecule has 1 unspecified atom stereocenters. The molecule has 21 heavy (non-hydrogen) atoms. The van der Waals surface area contributed by atoms with Crippen molar-refractivity contribution in [2.75, 3.05) is 13.6 Å². The van der Waals surface area contributed by atoms with Crippen LogP contribution in [0, 0.1) is 3.57 Å². The molecule has 0 bridgehead atoms. The Labute approximate surface area is 148 Å². The van der Waals surface area contributed by atoms with E-state index in [4.69, 9.17) is 0 Å². The van der Waals surface area contributed by atoms with Crippen molar-refractivity contribution in [2.45, 2.75) is 45.1 Å². The minimum absolute atomic E-state index is 0. The molecular formula is C16H26ClIN2O. The van der Waals surface area contributed by atoms with Gasteiger partial charge in [0.05, 0.1) is 0 Å². The second-order valence-corrected chi connectivity index (χ2v) is 6.43. The molecule has 0 aliphatic rings. The van der Waals surface area contributed by atoms with Crippen LogP contribution >= 0.6 is 35.0 Å². The van der Waals surface area contributed by atoms with E-state index in [9.17, 15) is 4.79 Å². The highest BCUT2D eigenvalue weighted by atomic mass is 127. The summed E-state index contributed by atoms with van der Waals surface area (Å²) in [7, 11) is 1.90. The van der Waals surface area contributed by atoms with Gasteiger partial charge in [-0.1, -0.05) is 18.6 Å². The molecule has 0 spiro atoms. The number of benzene rings is 1. The number of aryl methyl sites for hydroxylation is 1. The molecular weight excluding hydrogens is 399 g/mol. The number of carbonyl (C=O) groups is 1. The Morgan fingerprint density at radius 1 is 1.19 bits per heavy atom. The van der Waals surface area contributed by atoms with Crippen molar-refractivity contribution in [3.63, 3.8) is 0 Å². The van der Waals surface area contributed by atoms with Crippen LogP contribution in [0.3, 0.4) is 0 Å². The highest BCUT2D eigenvalue weighted by Gasteiger charge is 2.03. The molecule has 0 aromatic heterocycles. The Kier molecular flexibility index (Phi) is 12.0. The summed E-state index contributed by atoms with van der Waals surface area (Å²) in [6.45, 7) is 2.76. The van der Waals surface area contributed by atoms with Crippen molar-refractivity contribution in [3.8, 4) is 0 Å². The molecule has 0 heterocycles. The molecule has 0 aliphatic carbocycles. The van der Waals surface area contributed by atoms with E-state index in [0.717, 1.165) is 25.7 Å². The average Bonchev–Trinajstić information content (AvgIpc) is 2.46. The third-order valence-electron chi connectivity index (χ3n) is 3.38. The van der Waals surface area contributed by atoms with Gasteiger partial charge in [0.25, 0.3) is 0 Å². The van der Waals surface area contributed by atoms with Gasteiger partial charge >= 0.3 is 0 Å². The first-order valence-corrected chi connectivity index (χ1v) is 8.38. The summed E-state index contributed by atoms with van der Waals surface area (Å²) < 4.78 is 1.28. The summed E-state index contributed by atoms with van der Waals surface area (Å²) in [4.78, 5) is 11.6. The van der Waals surface area contributed by atoms with Crippen LogP contribution in [-0.2, 0) is 11.2 Å². The molecule has 1 rings (SSSR count). The van der Waals surface area contributed by atoms with Gasteiger partial charge in [-0.25, -0.2) is 0 Å². The standard InChI is InChI=1S/C16H25IN2O.ClH/c1-13(18-2)12-19-16(20)7-5-3-4-6-14-8-10-15(17)11-9-14;/h8-11,13,18H,3-7,12H2,1-2H3,(H,19,20);1H. The first-order valence-electron chi connectivity index (χ1n) is 7.30. The number of carbonyl (C=O) groups excluding carboxylic acids is 1. The topological polar surface area (TPSA) is 41.1 Å². The summed E-state index contributed by atoms with van der Waals surface area (Å²) in [6, 6.07) is 9.00. The maximum absolute atomic E-state index is 11.6. The molecule has 2 N–H and O–H groups in total. The first kappa shape index (κ1) is 20.7. The van der Waals surface area contributed by atoms with Crippen LogP contribution in [0.1, 0.15) is 38.2 Å². The van der Waals surface area contributed by atoms with Crippen LogP contribution in [0.25, 0.3) is 0 Å². The van der Waals surface area contributed by atoms with E-state index >= 15 is 0 Å². The highest BCUT2D eigenvalue weighted by molar-refractivity contribution is 14.1. The molecule has 0 aliphatic heterocycles. The Balaban J connectivity index is 0.00000400. The molecule has 120 valence electrons. The quantitative estimate of drug-likeness (QED) is 0.470. The van der Waals surface area contributed by atoms with E-state index in [0.29, 0.717) is 19.0 Å². The third-order valence-corrected chi connectivity index (χ3v) is 4.10. The summed E-state index contributed by atoms with van der Waals surface area (Å²) >= 11 is 2.32. The van der Waals surface area contributed by atoms with E-state index in [1.807, 2.05) is 7.05 Å². The van der Waals surface area contributed by atoms with E-state index in [1.165, 1.54) is 9.13 Å². The lowest BCUT2D eigenvalue weighted by atomic mass is 10.1. The Hall–Kier alpha value is -0.330. The SMILES string of the molecule is CNC(C)CNC(=O)CCCCCc1ccc(I)cc1.Cl. The number of nitrogens with one attached hydrogen (secondary N) is 2. The Bertz CT molecular complexity index is 398. The van der Waals surface area contributed by atoms with Crippen molar-refractivity contribution in [2.24, 2.45) is 0 Å². The molecule has 0 saturated carbocycles. The van der Waals surface area contributed by atoms with Gasteiger partial charge in [0.1, 0.15) is 0 Å². The van der Waals surface area contributed by atoms with E-state index in [1.54, 1.807) is 0 Å². The van der Waals surface area contributed by atoms with Crippen molar-refractivity contribution >= 4 is 40.9 Å². The lowest BCUT2D eigenvalue weighted by Crippen LogP contribution is -2.37. The molecule has 1 aromatic carbocycles. The number of hydrogen-bond donors (Lipinski definition) is 2. The average molecular weight is 425 g/mol. The molecule has 5 heteroatoms. The van der Waals surface area contributed by atoms with Crippen LogP contribution < -0.4 is 10.6 Å². The zero-order valence-electron chi connectivity index (χ0n) is 12.8. The third kappa shape index (κ3) is 10.1. The molecule has 1 atom stereocenters. The molecule has 0 radical (unpaired) electrons. The van der Waals surface area contributed by atoms with Gasteiger partial charge in [-0.2, -0.15) is 0 Å². The van der Waals surface area contributed by atoms with Crippen molar-refractivity contribution < 1.29 is 4.79 Å². The maximum Gasteiger partial charge on any atom is 0.220 e. The molecule has 0 fully saturated rings. The first-order chi connectivity index (χ1) is 9.61. The summed E-state index contributed by atoms with van der Waals surface area (Å²) in [5, 5.41) is 6.05. The normalized spacial score (nSPS) is 11.6. The lowest BCUT2D eigenvalue weighted by Gasteiger charge is -2.11. The van der Waals surface area contributed by atoms with E-state index in [2.05, 4.69) is 64.4 Å². The Morgan fingerprint density at radius 3 is 2.48 bits per heavy atom. The minimum Gasteiger partial charge on any atom is -0.355 e. The van der Waals surface area contributed by atoms with E-state index in [-0.39, 0.29) is 18.3 Å². The number of unbranched alkanes of at least 4 members (excludes halogenated alkanes) is 2. The number of halogens is 2. The largest absolute Gasteiger partial charge is 0.355 e. The molecule has 3 nitrogen and oxygen atoms in total. The number of rotatable bonds is 9. The fraction of sp³-hybridized carbons (Fsp3) is 0.562. The minimum atomic E-state index is 0. The zero-order chi connectivity index (χ0) is 14.8. The molecule has 1 aromatic rings. The van der Waals surface area contributed by atoms with Crippen molar-refractivity contribution in [3.05, 3.63) is 33.4 Å². The van der Waals surface area contributed by atoms with Crippen molar-refractivity contribution in [1.29, 1.82) is 0 Å². The fourth-order valence-electron chi connectivity index (χ4n) is 1.90. The molecule has 1 amide bonds. The van der Waals surface area contributed by atoms with Crippen LogP contribution in [0.4, 0.5) is 0 Å². The second kappa shape index (κ2) is 12.2. The van der Waals surface area contributed by atoms with Crippen LogP contribution in [0.5, 0.6) is 0 Å². The molecule has 0 saturated heterocycles. The zero-order valence-corrected chi connectivity index (χ0v) is 15.8. The maximum atomic E-state index is 11.6. The van der Waals surface area contributed by atoms with Crippen LogP contribution in [0.15, 0.2) is 24.3 Å². The Morgan fingerprint density at radius 2 is 1.86 bits per heavy atom. The van der Waals surface area contributed by atoms with Crippen LogP contribution in [0.2, 0.25) is 0 Å². The second-order valence-electron chi connectivity index (χ2n) is 5.18. The smallest absolute Gasteiger partial charge is 0.220 e. The number of amides is 1. The highest BCUT2D eigenvalue weighted by Crippen LogP contribution is 2.10. The lowest BCUT2D eigenvalue weighted by molar-refractivity contribution is -0.121. The van der Waals surface area contributed by atoms with Gasteiger partial charge in [0.2, 0.25) is 5.91 Å². The van der Waals surface area contributed by atoms with Gasteiger partial charge < -0.3 is 10.6 Å². The van der Waals surface area contributed by atoms with Crippen LogP contribution in [-0.4, -0.2) is 25.5 Å². The number of likely N-dealkylation sites (N-methyl/N-ethyl adjacent to an activating group) is 1. The van der Waals surface area contributed by atoms with E-state index < -0.39 is 0 Å². The fourth-order valence-corrected chi connectivity index (χ4v) is 2.26. The number of hydrogen-bond acceptors (Lipinski definition) is 2. The van der Waals surface area contributed by atoms with Gasteiger partial charge in [-0.15, -0.1) is 12.4 Å². The van der Waals surface area contributed by atoms with Gasteiger partial charge in [0.15, 0.2) is 0 Å². The van der Waals surface area contributed by atoms with Crippen molar-refractivity contribution in [1.82, 2.24) is 10.6 Å². The van der Waals surface area contributed by atoms with Gasteiger partial charge in [-0.3, -0.25) is 4.79 Å². The summed E-state index contributed by atoms with van der Waals surface area (Å²) in [5.74, 6) is 0.168. The predicted octanol–water partition coefficient (Wildman–Crippen LogP) is 3.54. The predicted molar refractivity (Wildman–Crippen MR) is 100 cm³/mol.